The first kappa shape index (κ1) is 20.4. The highest BCUT2D eigenvalue weighted by Gasteiger charge is 2.20. The fourth-order valence-corrected chi connectivity index (χ4v) is 2.71. The third-order valence-electron chi connectivity index (χ3n) is 4.13. The molecule has 0 radical (unpaired) electrons. The van der Waals surface area contributed by atoms with Crippen LogP contribution in [-0.4, -0.2) is 31.7 Å². The van der Waals surface area contributed by atoms with Gasteiger partial charge in [0, 0.05) is 18.0 Å². The lowest BCUT2D eigenvalue weighted by atomic mass is 9.95. The Balaban J connectivity index is 2.09. The standard InChI is InChI=1S/C20H26N2O5/c1-12(2)20(14-6-7-16(25-4)17(9-14)26-5)22-19(24)11-27-18-10-21-13(3)8-15(18)23/h6-10,12,20H,11H2,1-5H3,(H,21,23)(H,22,24)/t20-/m1/s1. The van der Waals surface area contributed by atoms with E-state index >= 15 is 0 Å². The number of amides is 1. The molecule has 7 heteroatoms. The summed E-state index contributed by atoms with van der Waals surface area (Å²) in [6.45, 7) is 5.54. The molecule has 0 saturated heterocycles. The normalized spacial score (nSPS) is 11.8. The van der Waals surface area contributed by atoms with Crippen molar-refractivity contribution in [2.24, 2.45) is 5.92 Å². The minimum Gasteiger partial charge on any atom is -0.493 e. The van der Waals surface area contributed by atoms with Crippen molar-refractivity contribution in [1.82, 2.24) is 10.3 Å². The first-order valence-electron chi connectivity index (χ1n) is 8.69. The predicted molar refractivity (Wildman–Crippen MR) is 103 cm³/mol. The van der Waals surface area contributed by atoms with E-state index < -0.39 is 0 Å². The van der Waals surface area contributed by atoms with Crippen molar-refractivity contribution in [3.8, 4) is 17.2 Å². The van der Waals surface area contributed by atoms with Crippen LogP contribution in [0, 0.1) is 12.8 Å². The van der Waals surface area contributed by atoms with Crippen LogP contribution in [0.3, 0.4) is 0 Å². The Morgan fingerprint density at radius 1 is 1.11 bits per heavy atom. The Bertz CT molecular complexity index is 845. The van der Waals surface area contributed by atoms with Crippen LogP contribution < -0.4 is 25.0 Å². The van der Waals surface area contributed by atoms with Crippen molar-refractivity contribution in [2.45, 2.75) is 26.8 Å². The zero-order valence-electron chi connectivity index (χ0n) is 16.3. The van der Waals surface area contributed by atoms with E-state index in [9.17, 15) is 9.59 Å². The first-order chi connectivity index (χ1) is 12.8. The molecule has 1 amide bonds. The smallest absolute Gasteiger partial charge is 0.258 e. The van der Waals surface area contributed by atoms with Crippen molar-refractivity contribution in [3.05, 3.63) is 51.9 Å². The van der Waals surface area contributed by atoms with Crippen LogP contribution in [0.1, 0.15) is 31.1 Å². The topological polar surface area (TPSA) is 89.7 Å². The van der Waals surface area contributed by atoms with Crippen molar-refractivity contribution < 1.29 is 19.0 Å². The lowest BCUT2D eigenvalue weighted by Crippen LogP contribution is -2.35. The Hall–Kier alpha value is -2.96. The van der Waals surface area contributed by atoms with E-state index in [1.807, 2.05) is 26.0 Å². The quantitative estimate of drug-likeness (QED) is 0.741. The number of ether oxygens (including phenoxy) is 3. The fraction of sp³-hybridized carbons (Fsp3) is 0.400. The van der Waals surface area contributed by atoms with Crippen LogP contribution in [0.25, 0.3) is 0 Å². The van der Waals surface area contributed by atoms with Gasteiger partial charge in [0.05, 0.1) is 20.3 Å². The molecule has 1 aromatic heterocycles. The van der Waals surface area contributed by atoms with Crippen LogP contribution in [0.4, 0.5) is 0 Å². The zero-order chi connectivity index (χ0) is 20.0. The molecule has 2 N–H and O–H groups in total. The molecule has 2 aromatic rings. The second-order valence-corrected chi connectivity index (χ2v) is 6.54. The second kappa shape index (κ2) is 9.12. The largest absolute Gasteiger partial charge is 0.493 e. The molecule has 1 aromatic carbocycles. The number of aryl methyl sites for hydroxylation is 1. The molecule has 27 heavy (non-hydrogen) atoms. The van der Waals surface area contributed by atoms with E-state index in [0.717, 1.165) is 11.3 Å². The maximum atomic E-state index is 12.4. The summed E-state index contributed by atoms with van der Waals surface area (Å²) in [5, 5.41) is 2.95. The van der Waals surface area contributed by atoms with Gasteiger partial charge in [0.2, 0.25) is 5.43 Å². The van der Waals surface area contributed by atoms with Gasteiger partial charge in [-0.1, -0.05) is 19.9 Å². The number of carbonyl (C=O) groups is 1. The zero-order valence-corrected chi connectivity index (χ0v) is 16.3. The molecule has 0 spiro atoms. The van der Waals surface area contributed by atoms with E-state index in [0.29, 0.717) is 11.5 Å². The predicted octanol–water partition coefficient (Wildman–Crippen LogP) is 2.59. The number of carbonyl (C=O) groups excluding carboxylic acids is 1. The number of rotatable bonds is 8. The van der Waals surface area contributed by atoms with Gasteiger partial charge in [0.1, 0.15) is 0 Å². The molecule has 0 fully saturated rings. The van der Waals surface area contributed by atoms with Crippen molar-refractivity contribution >= 4 is 5.91 Å². The van der Waals surface area contributed by atoms with E-state index in [1.165, 1.54) is 12.3 Å². The highest BCUT2D eigenvalue weighted by molar-refractivity contribution is 5.78. The summed E-state index contributed by atoms with van der Waals surface area (Å²) in [5.41, 5.74) is 1.36. The SMILES string of the molecule is COc1ccc([C@H](NC(=O)COc2c[nH]c(C)cc2=O)C(C)C)cc1OC. The van der Waals surface area contributed by atoms with E-state index in [-0.39, 0.29) is 35.7 Å². The molecule has 0 aliphatic rings. The Kier molecular flexibility index (Phi) is 6.87. The van der Waals surface area contributed by atoms with Crippen LogP contribution >= 0.6 is 0 Å². The number of hydrogen-bond donors (Lipinski definition) is 2. The minimum absolute atomic E-state index is 0.114. The molecule has 2 rings (SSSR count). The number of benzene rings is 1. The maximum absolute atomic E-state index is 12.4. The maximum Gasteiger partial charge on any atom is 0.258 e. The summed E-state index contributed by atoms with van der Waals surface area (Å²) < 4.78 is 15.9. The van der Waals surface area contributed by atoms with Gasteiger partial charge in [0.15, 0.2) is 23.9 Å². The van der Waals surface area contributed by atoms with Gasteiger partial charge >= 0.3 is 0 Å². The molecule has 146 valence electrons. The van der Waals surface area contributed by atoms with Gasteiger partial charge in [-0.15, -0.1) is 0 Å². The second-order valence-electron chi connectivity index (χ2n) is 6.54. The molecule has 0 unspecified atom stereocenters. The number of pyridine rings is 1. The van der Waals surface area contributed by atoms with Crippen LogP contribution in [0.5, 0.6) is 17.2 Å². The van der Waals surface area contributed by atoms with E-state index in [4.69, 9.17) is 14.2 Å². The van der Waals surface area contributed by atoms with Crippen molar-refractivity contribution in [1.29, 1.82) is 0 Å². The summed E-state index contributed by atoms with van der Waals surface area (Å²) in [6.07, 6.45) is 1.46. The molecular weight excluding hydrogens is 348 g/mol. The van der Waals surface area contributed by atoms with E-state index in [1.54, 1.807) is 27.2 Å². The molecular formula is C20H26N2O5. The molecule has 7 nitrogen and oxygen atoms in total. The monoisotopic (exact) mass is 374 g/mol. The summed E-state index contributed by atoms with van der Waals surface area (Å²) >= 11 is 0. The minimum atomic E-state index is -0.316. The van der Waals surface area contributed by atoms with Crippen LogP contribution in [0.15, 0.2) is 35.3 Å². The number of hydrogen-bond acceptors (Lipinski definition) is 5. The summed E-state index contributed by atoms with van der Waals surface area (Å²) in [5.74, 6) is 1.15. The molecule has 1 heterocycles. The van der Waals surface area contributed by atoms with Crippen LogP contribution in [-0.2, 0) is 4.79 Å². The highest BCUT2D eigenvalue weighted by Crippen LogP contribution is 2.32. The summed E-state index contributed by atoms with van der Waals surface area (Å²) in [7, 11) is 3.14. The average molecular weight is 374 g/mol. The van der Waals surface area contributed by atoms with Crippen molar-refractivity contribution in [3.63, 3.8) is 0 Å². The van der Waals surface area contributed by atoms with Gasteiger partial charge in [-0.3, -0.25) is 9.59 Å². The molecule has 0 aliphatic heterocycles. The highest BCUT2D eigenvalue weighted by atomic mass is 16.5. The van der Waals surface area contributed by atoms with Gasteiger partial charge < -0.3 is 24.5 Å². The third-order valence-corrected chi connectivity index (χ3v) is 4.13. The third kappa shape index (κ3) is 5.26. The summed E-state index contributed by atoms with van der Waals surface area (Å²) in [4.78, 5) is 27.1. The number of aromatic nitrogens is 1. The Morgan fingerprint density at radius 2 is 1.81 bits per heavy atom. The number of aromatic amines is 1. The number of nitrogens with one attached hydrogen (secondary N) is 2. The molecule has 0 aliphatic carbocycles. The average Bonchev–Trinajstić information content (AvgIpc) is 2.64. The Labute approximate surface area is 158 Å². The number of methoxy groups -OCH3 is 2. The number of H-pyrrole nitrogens is 1. The molecule has 1 atom stereocenters. The lowest BCUT2D eigenvalue weighted by molar-refractivity contribution is -0.124. The first-order valence-corrected chi connectivity index (χ1v) is 8.69. The molecule has 0 bridgehead atoms. The van der Waals surface area contributed by atoms with Gasteiger partial charge in [-0.25, -0.2) is 0 Å². The summed E-state index contributed by atoms with van der Waals surface area (Å²) in [6, 6.07) is 6.72. The lowest BCUT2D eigenvalue weighted by Gasteiger charge is -2.24. The Morgan fingerprint density at radius 3 is 2.41 bits per heavy atom. The molecule has 0 saturated carbocycles. The van der Waals surface area contributed by atoms with Crippen LogP contribution in [0.2, 0.25) is 0 Å². The van der Waals surface area contributed by atoms with Gasteiger partial charge in [0.25, 0.3) is 5.91 Å². The van der Waals surface area contributed by atoms with Gasteiger partial charge in [-0.2, -0.15) is 0 Å². The van der Waals surface area contributed by atoms with Crippen molar-refractivity contribution in [2.75, 3.05) is 20.8 Å². The van der Waals surface area contributed by atoms with E-state index in [2.05, 4.69) is 10.3 Å². The fourth-order valence-electron chi connectivity index (χ4n) is 2.71. The van der Waals surface area contributed by atoms with Gasteiger partial charge in [-0.05, 0) is 30.5 Å².